The molecule has 0 aliphatic carbocycles. The number of anilines is 1. The van der Waals surface area contributed by atoms with E-state index < -0.39 is 64.4 Å². The molecule has 0 unspecified atom stereocenters. The van der Waals surface area contributed by atoms with Crippen LogP contribution >= 0.6 is 0 Å². The number of carbonyl (C=O) groups excluding carboxylic acids is 4. The summed E-state index contributed by atoms with van der Waals surface area (Å²) in [5.74, 6) is 2.88. The fourth-order valence-electron chi connectivity index (χ4n) is 10.3. The predicted octanol–water partition coefficient (Wildman–Crippen LogP) is 7.07. The van der Waals surface area contributed by atoms with Crippen LogP contribution in [0.15, 0.2) is 164 Å². The Morgan fingerprint density at radius 2 is 1.58 bits per heavy atom. The Balaban J connectivity index is 1.20. The number of nitro benzene ring substituents is 1. The number of fused-ring (bicyclic) bond motifs is 4. The summed E-state index contributed by atoms with van der Waals surface area (Å²) in [5.41, 5.74) is 2.16. The van der Waals surface area contributed by atoms with Crippen molar-refractivity contribution in [2.75, 3.05) is 24.7 Å². The van der Waals surface area contributed by atoms with Gasteiger partial charge in [0.05, 0.1) is 40.7 Å². The summed E-state index contributed by atoms with van der Waals surface area (Å²) in [6, 6.07) is 39.7. The average molecular weight is 964 g/mol. The quantitative estimate of drug-likeness (QED) is 0.0390. The number of imide groups is 1. The molecule has 7 aromatic rings. The highest BCUT2D eigenvalue weighted by molar-refractivity contribution is 6.23. The maximum atomic E-state index is 16.5. The maximum Gasteiger partial charge on any atom is 0.421 e. The Kier molecular flexibility index (Phi) is 12.8. The Labute approximate surface area is 412 Å². The van der Waals surface area contributed by atoms with Crippen LogP contribution in [-0.2, 0) is 42.4 Å². The SMILES string of the molecule is C=CCNC(=O)[C@@H]1[C@H]2C(=O)O[C@H](c3ccccc3)[C@H](c3ccccc3)N2[C@H](c2ccc(OCCO)cc2)[C@@]12C(=O)N(C(=O)OCc1ccc([N+](=O)[O-])cc1)c1ccc(C#CCn3nnc4ccccc43)cc12. The second-order valence-corrected chi connectivity index (χ2v) is 17.3. The highest BCUT2D eigenvalue weighted by Gasteiger charge is 2.75. The summed E-state index contributed by atoms with van der Waals surface area (Å²) < 4.78 is 19.8. The molecule has 17 nitrogen and oxygen atoms in total. The van der Waals surface area contributed by atoms with Crippen LogP contribution in [0.25, 0.3) is 11.0 Å². The van der Waals surface area contributed by atoms with Crippen molar-refractivity contribution < 1.29 is 43.4 Å². The molecule has 72 heavy (non-hydrogen) atoms. The van der Waals surface area contributed by atoms with Crippen molar-refractivity contribution in [2.24, 2.45) is 5.92 Å². The van der Waals surface area contributed by atoms with E-state index in [1.807, 2.05) is 89.8 Å². The summed E-state index contributed by atoms with van der Waals surface area (Å²) in [6.07, 6.45) is -0.572. The van der Waals surface area contributed by atoms with Gasteiger partial charge in [0.2, 0.25) is 11.8 Å². The van der Waals surface area contributed by atoms with Gasteiger partial charge in [-0.05, 0) is 82.4 Å². The zero-order valence-electron chi connectivity index (χ0n) is 38.4. The standard InChI is InChI=1S/C55H45N7O10/c1-2-29-56-51(64)46-48-52(65)72-49(38-15-7-4-8-16-38)47(37-13-5-3-6-14-37)61(48)50(39-22-26-41(27-23-39)70-32-31-63)55(46)42-33-35(12-11-30-59-45-18-10-9-17-43(45)57-58-59)21-28-44(42)60(53(55)66)54(67)71-34-36-19-24-40(25-20-36)62(68)69/h2-10,13-28,33,46-50,63H,1,29-32,34H2,(H,56,64)/t46-,47-,48-,49+,50+,55-/m0/s1. The van der Waals surface area contributed by atoms with Gasteiger partial charge in [0.25, 0.3) is 5.69 Å². The van der Waals surface area contributed by atoms with Crippen molar-refractivity contribution in [1.82, 2.24) is 25.2 Å². The first-order chi connectivity index (χ1) is 35.1. The van der Waals surface area contributed by atoms with E-state index in [1.165, 1.54) is 30.3 Å². The number of amides is 3. The number of carbonyl (C=O) groups is 4. The Bertz CT molecular complexity index is 3280. The van der Waals surface area contributed by atoms with Gasteiger partial charge in [-0.25, -0.2) is 14.4 Å². The number of nitro groups is 1. The number of hydrogen-bond donors (Lipinski definition) is 2. The number of aliphatic hydroxyl groups excluding tert-OH is 1. The van der Waals surface area contributed by atoms with E-state index in [2.05, 4.69) is 34.0 Å². The zero-order chi connectivity index (χ0) is 49.9. The van der Waals surface area contributed by atoms with Gasteiger partial charge >= 0.3 is 12.1 Å². The highest BCUT2D eigenvalue weighted by atomic mass is 16.6. The number of nitrogens with zero attached hydrogens (tertiary/aromatic N) is 6. The second kappa shape index (κ2) is 19.8. The lowest BCUT2D eigenvalue weighted by Crippen LogP contribution is -2.55. The Hall–Kier alpha value is -8.98. The van der Waals surface area contributed by atoms with Gasteiger partial charge in [0, 0.05) is 24.2 Å². The van der Waals surface area contributed by atoms with Crippen molar-refractivity contribution >= 4 is 46.3 Å². The summed E-state index contributed by atoms with van der Waals surface area (Å²) in [4.78, 5) is 75.6. The van der Waals surface area contributed by atoms with E-state index in [1.54, 1.807) is 47.1 Å². The van der Waals surface area contributed by atoms with Gasteiger partial charge in [-0.1, -0.05) is 108 Å². The minimum Gasteiger partial charge on any atom is -0.491 e. The summed E-state index contributed by atoms with van der Waals surface area (Å²) >= 11 is 0. The van der Waals surface area contributed by atoms with Crippen LogP contribution in [0, 0.1) is 27.9 Å². The molecule has 4 heterocycles. The first-order valence-electron chi connectivity index (χ1n) is 23.1. The lowest BCUT2D eigenvalue weighted by Gasteiger charge is -2.46. The number of nitrogens with one attached hydrogen (secondary N) is 1. The van der Waals surface area contributed by atoms with Crippen LogP contribution in [0.5, 0.6) is 5.75 Å². The van der Waals surface area contributed by atoms with E-state index >= 15 is 14.4 Å². The van der Waals surface area contributed by atoms with Gasteiger partial charge in [0.1, 0.15) is 48.6 Å². The number of esters is 1. The van der Waals surface area contributed by atoms with Crippen molar-refractivity contribution in [3.05, 3.63) is 208 Å². The molecule has 6 atom stereocenters. The molecular weight excluding hydrogens is 919 g/mol. The molecule has 17 heteroatoms. The van der Waals surface area contributed by atoms with Crippen LogP contribution in [0.3, 0.4) is 0 Å². The van der Waals surface area contributed by atoms with Crippen LogP contribution < -0.4 is 15.0 Å². The number of aromatic nitrogens is 3. The molecular formula is C55H45N7O10. The number of aliphatic hydroxyl groups is 1. The highest BCUT2D eigenvalue weighted by Crippen LogP contribution is 2.66. The van der Waals surface area contributed by atoms with E-state index in [-0.39, 0.29) is 49.8 Å². The van der Waals surface area contributed by atoms with Crippen LogP contribution in [0.4, 0.5) is 16.2 Å². The lowest BCUT2D eigenvalue weighted by atomic mass is 9.65. The molecule has 2 N–H and O–H groups in total. The molecule has 2 fully saturated rings. The van der Waals surface area contributed by atoms with Crippen LogP contribution in [-0.4, -0.2) is 79.6 Å². The first-order valence-corrected chi connectivity index (χ1v) is 23.1. The Morgan fingerprint density at radius 3 is 2.29 bits per heavy atom. The lowest BCUT2D eigenvalue weighted by molar-refractivity contribution is -0.384. The minimum atomic E-state index is -2.11. The number of para-hydroxylation sites is 1. The molecule has 3 amide bonds. The molecule has 3 aliphatic heterocycles. The molecule has 0 saturated carbocycles. The molecule has 3 aliphatic rings. The van der Waals surface area contributed by atoms with Gasteiger partial charge in [-0.15, -0.1) is 11.7 Å². The Morgan fingerprint density at radius 1 is 0.875 bits per heavy atom. The largest absolute Gasteiger partial charge is 0.491 e. The van der Waals surface area contributed by atoms with E-state index in [0.29, 0.717) is 39.1 Å². The summed E-state index contributed by atoms with van der Waals surface area (Å²) in [5, 5.41) is 32.4. The van der Waals surface area contributed by atoms with Crippen molar-refractivity contribution in [2.45, 2.75) is 42.8 Å². The fraction of sp³-hybridized carbons (Fsp3) is 0.200. The third-order valence-corrected chi connectivity index (χ3v) is 13.3. The topological polar surface area (TPSA) is 209 Å². The second-order valence-electron chi connectivity index (χ2n) is 17.3. The fourth-order valence-corrected chi connectivity index (χ4v) is 10.3. The molecule has 360 valence electrons. The number of morpholine rings is 1. The number of hydrogen-bond acceptors (Lipinski definition) is 13. The molecule has 2 saturated heterocycles. The van der Waals surface area contributed by atoms with Gasteiger partial charge < -0.3 is 24.6 Å². The average Bonchev–Trinajstić information content (AvgIpc) is 4.05. The van der Waals surface area contributed by atoms with E-state index in [9.17, 15) is 20.0 Å². The first kappa shape index (κ1) is 46.7. The molecule has 0 bridgehead atoms. The monoisotopic (exact) mass is 963 g/mol. The normalized spacial score (nSPS) is 21.0. The van der Waals surface area contributed by atoms with Gasteiger partial charge in [-0.2, -0.15) is 0 Å². The molecule has 10 rings (SSSR count). The van der Waals surface area contributed by atoms with Crippen molar-refractivity contribution in [3.63, 3.8) is 0 Å². The summed E-state index contributed by atoms with van der Waals surface area (Å²) in [6.45, 7) is 3.31. The maximum absolute atomic E-state index is 16.5. The summed E-state index contributed by atoms with van der Waals surface area (Å²) in [7, 11) is 0. The number of cyclic esters (lactones) is 1. The number of rotatable bonds is 13. The molecule has 1 aromatic heterocycles. The van der Waals surface area contributed by atoms with Crippen molar-refractivity contribution in [1.29, 1.82) is 0 Å². The van der Waals surface area contributed by atoms with E-state index in [0.717, 1.165) is 10.4 Å². The molecule has 0 radical (unpaired) electrons. The zero-order valence-corrected chi connectivity index (χ0v) is 38.4. The number of benzene rings is 6. The smallest absolute Gasteiger partial charge is 0.421 e. The minimum absolute atomic E-state index is 0.00684. The third kappa shape index (κ3) is 8.27. The van der Waals surface area contributed by atoms with Crippen LogP contribution in [0.2, 0.25) is 0 Å². The third-order valence-electron chi connectivity index (χ3n) is 13.3. The molecule has 1 spiro atoms. The van der Waals surface area contributed by atoms with E-state index in [4.69, 9.17) is 14.2 Å². The number of ether oxygens (including phenoxy) is 3. The molecule has 6 aromatic carbocycles. The van der Waals surface area contributed by atoms with Gasteiger partial charge in [0.15, 0.2) is 0 Å². The van der Waals surface area contributed by atoms with Crippen LogP contribution in [0.1, 0.15) is 51.6 Å². The predicted molar refractivity (Wildman–Crippen MR) is 262 cm³/mol. The van der Waals surface area contributed by atoms with Gasteiger partial charge in [-0.3, -0.25) is 29.4 Å². The van der Waals surface area contributed by atoms with Crippen molar-refractivity contribution in [3.8, 4) is 17.6 Å². The number of non-ortho nitro benzene ring substituents is 1.